The fraction of sp³-hybridized carbons (Fsp3) is 0.609. The van der Waals surface area contributed by atoms with Gasteiger partial charge < -0.3 is 14.4 Å². The molecule has 0 aromatic heterocycles. The smallest absolute Gasteiger partial charge is 0.324 e. The topological polar surface area (TPSA) is 76.2 Å². The van der Waals surface area contributed by atoms with E-state index in [9.17, 15) is 13.2 Å². The van der Waals surface area contributed by atoms with Crippen LogP contribution >= 0.6 is 0 Å². The van der Waals surface area contributed by atoms with Crippen molar-refractivity contribution in [2.24, 2.45) is 5.92 Å². The lowest BCUT2D eigenvalue weighted by molar-refractivity contribution is -0.146. The Balaban J connectivity index is 3.20. The second kappa shape index (κ2) is 13.4. The molecule has 174 valence electrons. The van der Waals surface area contributed by atoms with E-state index in [2.05, 4.69) is 30.6 Å². The lowest BCUT2D eigenvalue weighted by Gasteiger charge is -2.32. The third-order valence-corrected chi connectivity index (χ3v) is 6.94. The number of hydrogen-bond donors (Lipinski definition) is 0. The molecule has 0 saturated heterocycles. The Kier molecular flexibility index (Phi) is 11.6. The van der Waals surface area contributed by atoms with Crippen molar-refractivity contribution in [2.45, 2.75) is 52.0 Å². The fourth-order valence-corrected chi connectivity index (χ4v) is 5.03. The van der Waals surface area contributed by atoms with Gasteiger partial charge in [-0.3, -0.25) is 4.79 Å². The van der Waals surface area contributed by atoms with Gasteiger partial charge in [-0.05, 0) is 63.2 Å². The standard InChI is InChI=1S/C23H36N2O5S/c1-7-10-18-30-20-12-14-21(15-13-20)31(27,28)25(17-11-16-24(8-2)9-3)22(19(4)5)23(26)29-6/h12-15,19,22H,8-9,11,16-18H2,1-6H3. The molecule has 8 heteroatoms. The quantitative estimate of drug-likeness (QED) is 0.338. The van der Waals surface area contributed by atoms with E-state index in [4.69, 9.17) is 9.47 Å². The molecule has 7 nitrogen and oxygen atoms in total. The van der Waals surface area contributed by atoms with Crippen molar-refractivity contribution in [3.63, 3.8) is 0 Å². The van der Waals surface area contributed by atoms with Gasteiger partial charge in [0.25, 0.3) is 0 Å². The van der Waals surface area contributed by atoms with Gasteiger partial charge in [0.05, 0.1) is 12.0 Å². The molecule has 0 bridgehead atoms. The minimum atomic E-state index is -3.92. The van der Waals surface area contributed by atoms with Crippen LogP contribution in [0, 0.1) is 17.8 Å². The molecule has 1 rings (SSSR count). The van der Waals surface area contributed by atoms with Crippen LogP contribution in [0.15, 0.2) is 29.2 Å². The Hall–Kier alpha value is -2.08. The fourth-order valence-electron chi connectivity index (χ4n) is 3.28. The molecule has 0 N–H and O–H groups in total. The van der Waals surface area contributed by atoms with Crippen molar-refractivity contribution in [2.75, 3.05) is 39.9 Å². The van der Waals surface area contributed by atoms with Gasteiger partial charge in [0.15, 0.2) is 0 Å². The van der Waals surface area contributed by atoms with Crippen LogP contribution < -0.4 is 4.74 Å². The van der Waals surface area contributed by atoms with Crippen molar-refractivity contribution in [1.82, 2.24) is 9.21 Å². The second-order valence-corrected chi connectivity index (χ2v) is 9.29. The number of sulfonamides is 1. The molecular formula is C23H36N2O5S. The van der Waals surface area contributed by atoms with Gasteiger partial charge in [0.1, 0.15) is 18.4 Å². The number of carbonyl (C=O) groups is 1. The zero-order valence-electron chi connectivity index (χ0n) is 19.6. The number of hydrogen-bond acceptors (Lipinski definition) is 6. The molecule has 0 aliphatic carbocycles. The largest absolute Gasteiger partial charge is 0.481 e. The van der Waals surface area contributed by atoms with E-state index >= 15 is 0 Å². The van der Waals surface area contributed by atoms with Gasteiger partial charge in [-0.2, -0.15) is 4.31 Å². The number of nitrogens with zero attached hydrogens (tertiary/aromatic N) is 2. The highest BCUT2D eigenvalue weighted by Gasteiger charge is 2.38. The van der Waals surface area contributed by atoms with Crippen LogP contribution in [0.2, 0.25) is 0 Å². The second-order valence-electron chi connectivity index (χ2n) is 7.40. The minimum Gasteiger partial charge on any atom is -0.481 e. The first-order chi connectivity index (χ1) is 14.7. The number of rotatable bonds is 13. The molecule has 0 spiro atoms. The first-order valence-electron chi connectivity index (χ1n) is 10.7. The van der Waals surface area contributed by atoms with Gasteiger partial charge in [-0.25, -0.2) is 8.42 Å². The Bertz CT molecular complexity index is 837. The first kappa shape index (κ1) is 27.0. The molecule has 1 aromatic carbocycles. The van der Waals surface area contributed by atoms with E-state index in [0.29, 0.717) is 12.2 Å². The van der Waals surface area contributed by atoms with E-state index < -0.39 is 22.0 Å². The molecule has 0 saturated carbocycles. The minimum absolute atomic E-state index is 0.110. The maximum atomic E-state index is 13.5. The van der Waals surface area contributed by atoms with E-state index in [1.165, 1.54) is 23.5 Å². The summed E-state index contributed by atoms with van der Waals surface area (Å²) < 4.78 is 38.7. The van der Waals surface area contributed by atoms with Crippen molar-refractivity contribution >= 4 is 16.0 Å². The first-order valence-corrected chi connectivity index (χ1v) is 12.1. The van der Waals surface area contributed by atoms with Gasteiger partial charge in [0.2, 0.25) is 10.0 Å². The molecule has 1 atom stereocenters. The molecule has 0 fully saturated rings. The van der Waals surface area contributed by atoms with E-state index in [1.807, 2.05) is 13.8 Å². The predicted molar refractivity (Wildman–Crippen MR) is 122 cm³/mol. The lowest BCUT2D eigenvalue weighted by atomic mass is 10.0. The number of ether oxygens (including phenoxy) is 2. The van der Waals surface area contributed by atoms with E-state index in [-0.39, 0.29) is 24.0 Å². The maximum Gasteiger partial charge on any atom is 0.324 e. The van der Waals surface area contributed by atoms with Crippen LogP contribution in [0.25, 0.3) is 0 Å². The molecule has 0 heterocycles. The van der Waals surface area contributed by atoms with E-state index in [1.54, 1.807) is 19.1 Å². The van der Waals surface area contributed by atoms with Crippen LogP contribution in [0.3, 0.4) is 0 Å². The van der Waals surface area contributed by atoms with Crippen molar-refractivity contribution < 1.29 is 22.7 Å². The van der Waals surface area contributed by atoms with Crippen LogP contribution in [0.5, 0.6) is 5.75 Å². The summed E-state index contributed by atoms with van der Waals surface area (Å²) in [6.45, 7) is 12.5. The lowest BCUT2D eigenvalue weighted by Crippen LogP contribution is -2.49. The molecule has 0 aliphatic rings. The van der Waals surface area contributed by atoms with Crippen LogP contribution in [-0.4, -0.2) is 69.5 Å². The van der Waals surface area contributed by atoms with Gasteiger partial charge in [-0.1, -0.05) is 33.6 Å². The number of methoxy groups -OCH3 is 1. The number of carbonyl (C=O) groups excluding carboxylic acids is 1. The zero-order chi connectivity index (χ0) is 23.4. The Morgan fingerprint density at radius 1 is 1.10 bits per heavy atom. The average molecular weight is 453 g/mol. The molecule has 0 amide bonds. The summed E-state index contributed by atoms with van der Waals surface area (Å²) in [6.07, 6.45) is 0.609. The Morgan fingerprint density at radius 2 is 1.71 bits per heavy atom. The van der Waals surface area contributed by atoms with Crippen LogP contribution in [0.1, 0.15) is 41.0 Å². The van der Waals surface area contributed by atoms with Crippen LogP contribution in [-0.2, 0) is 19.6 Å². The molecule has 0 radical (unpaired) electrons. The summed E-state index contributed by atoms with van der Waals surface area (Å²) in [7, 11) is -2.64. The summed E-state index contributed by atoms with van der Waals surface area (Å²) in [6, 6.07) is 5.29. The molecule has 1 unspecified atom stereocenters. The van der Waals surface area contributed by atoms with E-state index in [0.717, 1.165) is 19.6 Å². The van der Waals surface area contributed by atoms with Crippen LogP contribution in [0.4, 0.5) is 0 Å². The normalized spacial score (nSPS) is 12.5. The van der Waals surface area contributed by atoms with Gasteiger partial charge in [0, 0.05) is 6.54 Å². The molecule has 1 aromatic rings. The molecule has 0 aliphatic heterocycles. The predicted octanol–water partition coefficient (Wildman–Crippen LogP) is 3.01. The Morgan fingerprint density at radius 3 is 2.19 bits per heavy atom. The number of benzene rings is 1. The summed E-state index contributed by atoms with van der Waals surface area (Å²) in [5, 5.41) is 0. The summed E-state index contributed by atoms with van der Waals surface area (Å²) in [5.41, 5.74) is 0. The summed E-state index contributed by atoms with van der Waals surface area (Å²) >= 11 is 0. The van der Waals surface area contributed by atoms with Crippen molar-refractivity contribution in [3.8, 4) is 17.6 Å². The average Bonchev–Trinajstić information content (AvgIpc) is 2.75. The van der Waals surface area contributed by atoms with Gasteiger partial charge in [-0.15, -0.1) is 5.92 Å². The third kappa shape index (κ3) is 7.84. The Labute approximate surface area is 187 Å². The van der Waals surface area contributed by atoms with Crippen molar-refractivity contribution in [3.05, 3.63) is 24.3 Å². The third-order valence-electron chi connectivity index (χ3n) is 5.05. The monoisotopic (exact) mass is 452 g/mol. The number of esters is 1. The zero-order valence-corrected chi connectivity index (χ0v) is 20.4. The highest BCUT2D eigenvalue weighted by atomic mass is 32.2. The SMILES string of the molecule is CC#CCOc1ccc(S(=O)(=O)N(CCCN(CC)CC)C(C(=O)OC)C(C)C)cc1. The molecular weight excluding hydrogens is 416 g/mol. The molecule has 31 heavy (non-hydrogen) atoms. The summed E-state index contributed by atoms with van der Waals surface area (Å²) in [5.74, 6) is 5.26. The van der Waals surface area contributed by atoms with Crippen molar-refractivity contribution in [1.29, 1.82) is 0 Å². The maximum absolute atomic E-state index is 13.5. The summed E-state index contributed by atoms with van der Waals surface area (Å²) in [4.78, 5) is 14.8. The highest BCUT2D eigenvalue weighted by Crippen LogP contribution is 2.25. The van der Waals surface area contributed by atoms with Gasteiger partial charge >= 0.3 is 5.97 Å². The highest BCUT2D eigenvalue weighted by molar-refractivity contribution is 7.89.